The molecule has 0 heterocycles. The van der Waals surface area contributed by atoms with E-state index in [0.29, 0.717) is 0 Å². The van der Waals surface area contributed by atoms with E-state index in [0.717, 1.165) is 19.3 Å². The van der Waals surface area contributed by atoms with Crippen molar-refractivity contribution < 1.29 is 9.59 Å². The summed E-state index contributed by atoms with van der Waals surface area (Å²) in [7, 11) is 0. The molecule has 0 aromatic heterocycles. The fourth-order valence-electron chi connectivity index (χ4n) is 2.37. The Balaban J connectivity index is 5.16. The molecule has 0 saturated heterocycles. The molecule has 0 bridgehead atoms. The highest BCUT2D eigenvalue weighted by molar-refractivity contribution is 5.91. The summed E-state index contributed by atoms with van der Waals surface area (Å²) in [4.78, 5) is 24.2. The summed E-state index contributed by atoms with van der Waals surface area (Å²) in [5.74, 6) is -0.617. The number of hydrogen-bond acceptors (Lipinski definition) is 2. The van der Waals surface area contributed by atoms with Gasteiger partial charge in [0.05, 0.1) is 0 Å². The number of rotatable bonds is 7. The van der Waals surface area contributed by atoms with E-state index in [-0.39, 0.29) is 29.4 Å². The van der Waals surface area contributed by atoms with Gasteiger partial charge in [-0.1, -0.05) is 54.4 Å². The lowest BCUT2D eigenvalue weighted by Gasteiger charge is -2.32. The summed E-state index contributed by atoms with van der Waals surface area (Å²) in [5, 5.41) is 0. The highest BCUT2D eigenvalue weighted by Gasteiger charge is 2.38. The molecule has 0 aliphatic rings. The second-order valence-electron chi connectivity index (χ2n) is 6.54. The van der Waals surface area contributed by atoms with Crippen LogP contribution in [0, 0.1) is 23.2 Å². The van der Waals surface area contributed by atoms with Crippen LogP contribution in [0.3, 0.4) is 0 Å². The minimum atomic E-state index is -0.422. The first-order chi connectivity index (χ1) is 8.12. The van der Waals surface area contributed by atoms with Gasteiger partial charge in [0.15, 0.2) is 0 Å². The second kappa shape index (κ2) is 6.91. The fraction of sp³-hybridized carbons (Fsp3) is 0.867. The molecular weight excluding hydrogens is 226 g/mol. The number of nitrogens with two attached hydrogens (primary N) is 1. The van der Waals surface area contributed by atoms with Crippen molar-refractivity contribution >= 4 is 11.7 Å². The molecule has 2 atom stereocenters. The van der Waals surface area contributed by atoms with Crippen LogP contribution in [0.1, 0.15) is 60.8 Å². The number of amides is 1. The molecule has 106 valence electrons. The second-order valence-corrected chi connectivity index (χ2v) is 6.54. The Morgan fingerprint density at radius 1 is 1.17 bits per heavy atom. The largest absolute Gasteiger partial charge is 0.369 e. The van der Waals surface area contributed by atoms with Crippen molar-refractivity contribution in [3.05, 3.63) is 0 Å². The van der Waals surface area contributed by atoms with Crippen molar-refractivity contribution in [1.29, 1.82) is 0 Å². The molecular formula is C15H29NO2. The van der Waals surface area contributed by atoms with Gasteiger partial charge in [0.1, 0.15) is 5.78 Å². The van der Waals surface area contributed by atoms with Gasteiger partial charge in [0.2, 0.25) is 5.91 Å². The number of hydrogen-bond donors (Lipinski definition) is 1. The Bertz CT molecular complexity index is 289. The lowest BCUT2D eigenvalue weighted by molar-refractivity contribution is -0.139. The molecule has 0 aliphatic heterocycles. The third kappa shape index (κ3) is 4.79. The summed E-state index contributed by atoms with van der Waals surface area (Å²) in [6.07, 6.45) is 2.67. The molecule has 0 fully saturated rings. The van der Waals surface area contributed by atoms with Crippen LogP contribution in [-0.2, 0) is 9.59 Å². The Morgan fingerprint density at radius 3 is 1.94 bits per heavy atom. The number of ketones is 1. The van der Waals surface area contributed by atoms with E-state index < -0.39 is 5.41 Å². The first-order valence-electron chi connectivity index (χ1n) is 6.96. The number of Topliss-reactive ketones (excluding diaryl/α,β-unsaturated/α-hetero) is 1. The van der Waals surface area contributed by atoms with Crippen LogP contribution in [0.5, 0.6) is 0 Å². The molecule has 0 radical (unpaired) electrons. The van der Waals surface area contributed by atoms with Gasteiger partial charge < -0.3 is 5.73 Å². The molecule has 0 spiro atoms. The van der Waals surface area contributed by atoms with Gasteiger partial charge in [-0.3, -0.25) is 9.59 Å². The maximum Gasteiger partial charge on any atom is 0.221 e. The molecule has 0 saturated carbocycles. The molecule has 0 aliphatic carbocycles. The molecule has 1 amide bonds. The minimum absolute atomic E-state index is 0.145. The number of carbonyl (C=O) groups excluding carboxylic acids is 2. The van der Waals surface area contributed by atoms with E-state index in [1.807, 2.05) is 34.6 Å². The quantitative estimate of drug-likeness (QED) is 0.759. The van der Waals surface area contributed by atoms with Crippen LogP contribution in [0.15, 0.2) is 0 Å². The van der Waals surface area contributed by atoms with Crippen molar-refractivity contribution in [3.8, 4) is 0 Å². The van der Waals surface area contributed by atoms with Crippen LogP contribution >= 0.6 is 0 Å². The Kier molecular flexibility index (Phi) is 6.58. The number of primary amides is 1. The normalized spacial score (nSPS) is 15.5. The molecule has 0 rings (SSSR count). The maximum atomic E-state index is 12.5. The lowest BCUT2D eigenvalue weighted by atomic mass is 9.70. The predicted octanol–water partition coefficient (Wildman–Crippen LogP) is 3.17. The molecule has 2 N–H and O–H groups in total. The molecule has 0 aromatic carbocycles. The van der Waals surface area contributed by atoms with E-state index in [4.69, 9.17) is 5.73 Å². The summed E-state index contributed by atoms with van der Waals surface area (Å²) in [6.45, 7) is 11.8. The van der Waals surface area contributed by atoms with Gasteiger partial charge in [-0.15, -0.1) is 0 Å². The van der Waals surface area contributed by atoms with Crippen molar-refractivity contribution in [3.63, 3.8) is 0 Å². The van der Waals surface area contributed by atoms with Crippen LogP contribution < -0.4 is 5.73 Å². The third-order valence-electron chi connectivity index (χ3n) is 3.43. The van der Waals surface area contributed by atoms with E-state index in [1.165, 1.54) is 0 Å². The summed E-state index contributed by atoms with van der Waals surface area (Å²) < 4.78 is 0. The van der Waals surface area contributed by atoms with Gasteiger partial charge in [0.25, 0.3) is 0 Å². The minimum Gasteiger partial charge on any atom is -0.369 e. The van der Waals surface area contributed by atoms with E-state index >= 15 is 0 Å². The van der Waals surface area contributed by atoms with Gasteiger partial charge in [0, 0.05) is 17.3 Å². The average Bonchev–Trinajstić information content (AvgIpc) is 2.20. The summed E-state index contributed by atoms with van der Waals surface area (Å²) in [5.41, 5.74) is 5.08. The maximum absolute atomic E-state index is 12.5. The molecule has 3 heteroatoms. The summed E-state index contributed by atoms with van der Waals surface area (Å²) >= 11 is 0. The molecule has 18 heavy (non-hydrogen) atoms. The predicted molar refractivity (Wildman–Crippen MR) is 75.0 cm³/mol. The van der Waals surface area contributed by atoms with Crippen molar-refractivity contribution in [2.75, 3.05) is 0 Å². The number of unbranched alkanes of at least 4 members (excludes halogenated alkanes) is 1. The van der Waals surface area contributed by atoms with E-state index in [9.17, 15) is 9.59 Å². The fourth-order valence-corrected chi connectivity index (χ4v) is 2.37. The highest BCUT2D eigenvalue weighted by Crippen LogP contribution is 2.33. The van der Waals surface area contributed by atoms with Gasteiger partial charge in [-0.2, -0.15) is 0 Å². The first kappa shape index (κ1) is 17.1. The average molecular weight is 255 g/mol. The topological polar surface area (TPSA) is 60.2 Å². The molecule has 3 nitrogen and oxygen atoms in total. The molecule has 0 aromatic rings. The first-order valence-corrected chi connectivity index (χ1v) is 6.96. The van der Waals surface area contributed by atoms with Crippen molar-refractivity contribution in [2.24, 2.45) is 28.9 Å². The Hall–Kier alpha value is -0.860. The zero-order chi connectivity index (χ0) is 14.5. The third-order valence-corrected chi connectivity index (χ3v) is 3.43. The standard InChI is InChI=1S/C15H29NO2/c1-7-8-9-11(14(16)18)12(10(2)3)13(17)15(4,5)6/h10-12H,7-9H2,1-6H3,(H2,16,18)/t11-,12+/m0/s1. The number of carbonyl (C=O) groups is 2. The van der Waals surface area contributed by atoms with E-state index in [2.05, 4.69) is 6.92 Å². The van der Waals surface area contributed by atoms with Crippen LogP contribution in [0.2, 0.25) is 0 Å². The smallest absolute Gasteiger partial charge is 0.221 e. The van der Waals surface area contributed by atoms with Crippen LogP contribution in [0.25, 0.3) is 0 Å². The van der Waals surface area contributed by atoms with Gasteiger partial charge in [-0.25, -0.2) is 0 Å². The summed E-state index contributed by atoms with van der Waals surface area (Å²) in [6, 6.07) is 0. The lowest BCUT2D eigenvalue weighted by Crippen LogP contribution is -2.41. The monoisotopic (exact) mass is 255 g/mol. The zero-order valence-corrected chi connectivity index (χ0v) is 12.7. The van der Waals surface area contributed by atoms with Crippen LogP contribution in [0.4, 0.5) is 0 Å². The Morgan fingerprint density at radius 2 is 1.67 bits per heavy atom. The molecule has 0 unspecified atom stereocenters. The van der Waals surface area contributed by atoms with Crippen molar-refractivity contribution in [2.45, 2.75) is 60.8 Å². The van der Waals surface area contributed by atoms with Crippen molar-refractivity contribution in [1.82, 2.24) is 0 Å². The van der Waals surface area contributed by atoms with E-state index in [1.54, 1.807) is 0 Å². The SMILES string of the molecule is CCCC[C@H](C(N)=O)[C@H](C(=O)C(C)(C)C)C(C)C. The Labute approximate surface area is 112 Å². The van der Waals surface area contributed by atoms with Gasteiger partial charge in [-0.05, 0) is 12.3 Å². The highest BCUT2D eigenvalue weighted by atomic mass is 16.1. The van der Waals surface area contributed by atoms with Gasteiger partial charge >= 0.3 is 0 Å². The van der Waals surface area contributed by atoms with Crippen LogP contribution in [-0.4, -0.2) is 11.7 Å². The zero-order valence-electron chi connectivity index (χ0n) is 12.7.